The third kappa shape index (κ3) is 5.74. The Labute approximate surface area is 153 Å². The van der Waals surface area contributed by atoms with E-state index in [1.54, 1.807) is 12.4 Å². The first kappa shape index (κ1) is 17.7. The number of benzene rings is 2. The van der Waals surface area contributed by atoms with E-state index in [0.717, 1.165) is 22.4 Å². The highest BCUT2D eigenvalue weighted by atomic mass is 16.5. The van der Waals surface area contributed by atoms with Gasteiger partial charge in [-0.05, 0) is 41.3 Å². The first-order valence-electron chi connectivity index (χ1n) is 8.71. The van der Waals surface area contributed by atoms with Gasteiger partial charge in [-0.25, -0.2) is 0 Å². The lowest BCUT2D eigenvalue weighted by atomic mass is 10.1. The molecule has 26 heavy (non-hydrogen) atoms. The molecule has 0 unspecified atom stereocenters. The molecule has 0 aliphatic rings. The molecule has 0 radical (unpaired) electrons. The molecule has 1 N–H and O–H groups in total. The summed E-state index contributed by atoms with van der Waals surface area (Å²) < 4.78 is 5.83. The molecule has 2 aromatic carbocycles. The predicted molar refractivity (Wildman–Crippen MR) is 102 cm³/mol. The summed E-state index contributed by atoms with van der Waals surface area (Å²) in [7, 11) is 0. The van der Waals surface area contributed by atoms with Crippen molar-refractivity contribution in [2.45, 2.75) is 26.0 Å². The molecule has 0 saturated heterocycles. The molecule has 1 heterocycles. The number of carbonyl (C=O) groups is 1. The molecule has 0 fully saturated rings. The maximum atomic E-state index is 12.0. The van der Waals surface area contributed by atoms with Crippen LogP contribution >= 0.6 is 0 Å². The fourth-order valence-corrected chi connectivity index (χ4v) is 2.58. The van der Waals surface area contributed by atoms with Crippen LogP contribution in [0.2, 0.25) is 0 Å². The summed E-state index contributed by atoms with van der Waals surface area (Å²) in [5.74, 6) is 0.834. The third-order valence-electron chi connectivity index (χ3n) is 4.00. The topological polar surface area (TPSA) is 51.2 Å². The first-order valence-corrected chi connectivity index (χ1v) is 8.71. The van der Waals surface area contributed by atoms with Crippen molar-refractivity contribution >= 4 is 5.91 Å². The Morgan fingerprint density at radius 3 is 2.54 bits per heavy atom. The normalized spacial score (nSPS) is 10.3. The van der Waals surface area contributed by atoms with E-state index in [4.69, 9.17) is 4.74 Å². The van der Waals surface area contributed by atoms with Crippen molar-refractivity contribution in [1.29, 1.82) is 0 Å². The van der Waals surface area contributed by atoms with Crippen LogP contribution in [0.3, 0.4) is 0 Å². The van der Waals surface area contributed by atoms with Crippen molar-refractivity contribution in [2.24, 2.45) is 0 Å². The van der Waals surface area contributed by atoms with Crippen molar-refractivity contribution in [3.05, 3.63) is 95.8 Å². The Bertz CT molecular complexity index is 820. The number of nitrogens with zero attached hydrogens (tertiary/aromatic N) is 1. The van der Waals surface area contributed by atoms with Gasteiger partial charge in [0.05, 0.1) is 0 Å². The molecule has 132 valence electrons. The van der Waals surface area contributed by atoms with Gasteiger partial charge in [0.1, 0.15) is 12.4 Å². The molecular weight excluding hydrogens is 324 g/mol. The van der Waals surface area contributed by atoms with Gasteiger partial charge in [0, 0.05) is 25.4 Å². The van der Waals surface area contributed by atoms with Crippen LogP contribution in [0.15, 0.2) is 79.1 Å². The van der Waals surface area contributed by atoms with Gasteiger partial charge < -0.3 is 10.1 Å². The number of aryl methyl sites for hydroxylation is 1. The van der Waals surface area contributed by atoms with E-state index in [1.807, 2.05) is 66.7 Å². The van der Waals surface area contributed by atoms with Crippen molar-refractivity contribution < 1.29 is 9.53 Å². The van der Waals surface area contributed by atoms with E-state index in [0.29, 0.717) is 26.0 Å². The lowest BCUT2D eigenvalue weighted by Crippen LogP contribution is -2.23. The summed E-state index contributed by atoms with van der Waals surface area (Å²) >= 11 is 0. The maximum absolute atomic E-state index is 12.0. The van der Waals surface area contributed by atoms with Crippen LogP contribution in [0, 0.1) is 0 Å². The average Bonchev–Trinajstić information content (AvgIpc) is 2.71. The van der Waals surface area contributed by atoms with Crippen molar-refractivity contribution in [1.82, 2.24) is 10.3 Å². The minimum absolute atomic E-state index is 0.0319. The minimum Gasteiger partial charge on any atom is -0.489 e. The van der Waals surface area contributed by atoms with E-state index in [2.05, 4.69) is 10.3 Å². The summed E-state index contributed by atoms with van der Waals surface area (Å²) in [5.41, 5.74) is 3.21. The second-order valence-corrected chi connectivity index (χ2v) is 6.06. The summed E-state index contributed by atoms with van der Waals surface area (Å²) in [5, 5.41) is 2.96. The smallest absolute Gasteiger partial charge is 0.220 e. The molecule has 0 atom stereocenters. The lowest BCUT2D eigenvalue weighted by molar-refractivity contribution is -0.121. The van der Waals surface area contributed by atoms with E-state index in [9.17, 15) is 4.79 Å². The van der Waals surface area contributed by atoms with Gasteiger partial charge in [-0.1, -0.05) is 48.5 Å². The Hall–Kier alpha value is -3.14. The standard InChI is InChI=1S/C22H22N2O2/c25-22(12-11-18-9-5-13-23-15-18)24-16-20-8-4-10-21(14-20)26-17-19-6-2-1-3-7-19/h1-10,13-15H,11-12,16-17H2,(H,24,25). The van der Waals surface area contributed by atoms with Crippen LogP contribution in [0.5, 0.6) is 5.75 Å². The summed E-state index contributed by atoms with van der Waals surface area (Å²) in [6.45, 7) is 1.02. The van der Waals surface area contributed by atoms with Crippen molar-refractivity contribution in [2.75, 3.05) is 0 Å². The molecule has 4 nitrogen and oxygen atoms in total. The first-order chi connectivity index (χ1) is 12.8. The summed E-state index contributed by atoms with van der Waals surface area (Å²) in [6, 6.07) is 21.7. The Morgan fingerprint density at radius 1 is 0.923 bits per heavy atom. The largest absolute Gasteiger partial charge is 0.489 e. The zero-order valence-electron chi connectivity index (χ0n) is 14.6. The lowest BCUT2D eigenvalue weighted by Gasteiger charge is -2.09. The fourth-order valence-electron chi connectivity index (χ4n) is 2.58. The van der Waals surface area contributed by atoms with Crippen LogP contribution in [-0.4, -0.2) is 10.9 Å². The zero-order valence-corrected chi connectivity index (χ0v) is 14.6. The van der Waals surface area contributed by atoms with Crippen LogP contribution in [0.1, 0.15) is 23.1 Å². The predicted octanol–water partition coefficient (Wildman–Crippen LogP) is 3.91. The number of rotatable bonds is 8. The highest BCUT2D eigenvalue weighted by Gasteiger charge is 2.04. The second-order valence-electron chi connectivity index (χ2n) is 6.06. The number of pyridine rings is 1. The molecule has 0 bridgehead atoms. The van der Waals surface area contributed by atoms with E-state index in [-0.39, 0.29) is 5.91 Å². The monoisotopic (exact) mass is 346 g/mol. The van der Waals surface area contributed by atoms with Gasteiger partial charge in [-0.3, -0.25) is 9.78 Å². The SMILES string of the molecule is O=C(CCc1cccnc1)NCc1cccc(OCc2ccccc2)c1. The number of hydrogen-bond donors (Lipinski definition) is 1. The summed E-state index contributed by atoms with van der Waals surface area (Å²) in [4.78, 5) is 16.1. The number of ether oxygens (including phenoxy) is 1. The third-order valence-corrected chi connectivity index (χ3v) is 4.00. The molecule has 1 amide bonds. The summed E-state index contributed by atoms with van der Waals surface area (Å²) in [6.07, 6.45) is 4.67. The highest BCUT2D eigenvalue weighted by Crippen LogP contribution is 2.15. The highest BCUT2D eigenvalue weighted by molar-refractivity contribution is 5.76. The van der Waals surface area contributed by atoms with Gasteiger partial charge in [-0.15, -0.1) is 0 Å². The minimum atomic E-state index is 0.0319. The van der Waals surface area contributed by atoms with Crippen molar-refractivity contribution in [3.8, 4) is 5.75 Å². The van der Waals surface area contributed by atoms with Crippen LogP contribution in [0.25, 0.3) is 0 Å². The molecule has 0 aliphatic carbocycles. The van der Waals surface area contributed by atoms with Crippen LogP contribution < -0.4 is 10.1 Å². The van der Waals surface area contributed by atoms with Gasteiger partial charge in [0.15, 0.2) is 0 Å². The van der Waals surface area contributed by atoms with Gasteiger partial charge in [0.2, 0.25) is 5.91 Å². The quantitative estimate of drug-likeness (QED) is 0.673. The number of hydrogen-bond acceptors (Lipinski definition) is 3. The molecule has 4 heteroatoms. The number of amides is 1. The molecule has 0 saturated carbocycles. The van der Waals surface area contributed by atoms with E-state index in [1.165, 1.54) is 0 Å². The molecular formula is C22H22N2O2. The number of carbonyl (C=O) groups excluding carboxylic acids is 1. The number of nitrogens with one attached hydrogen (secondary N) is 1. The van der Waals surface area contributed by atoms with Gasteiger partial charge in [-0.2, -0.15) is 0 Å². The second kappa shape index (κ2) is 9.37. The molecule has 3 aromatic rings. The Balaban J connectivity index is 1.45. The fraction of sp³-hybridized carbons (Fsp3) is 0.182. The molecule has 0 spiro atoms. The molecule has 0 aliphatic heterocycles. The van der Waals surface area contributed by atoms with E-state index >= 15 is 0 Å². The molecule has 3 rings (SSSR count). The van der Waals surface area contributed by atoms with Crippen LogP contribution in [-0.2, 0) is 24.4 Å². The number of aromatic nitrogens is 1. The van der Waals surface area contributed by atoms with Gasteiger partial charge >= 0.3 is 0 Å². The maximum Gasteiger partial charge on any atom is 0.220 e. The Kier molecular flexibility index (Phi) is 6.37. The van der Waals surface area contributed by atoms with E-state index < -0.39 is 0 Å². The molecule has 1 aromatic heterocycles. The van der Waals surface area contributed by atoms with Crippen molar-refractivity contribution in [3.63, 3.8) is 0 Å². The Morgan fingerprint density at radius 2 is 1.73 bits per heavy atom. The van der Waals surface area contributed by atoms with Crippen LogP contribution in [0.4, 0.5) is 0 Å². The average molecular weight is 346 g/mol. The zero-order chi connectivity index (χ0) is 18.0. The van der Waals surface area contributed by atoms with Gasteiger partial charge in [0.25, 0.3) is 0 Å².